The van der Waals surface area contributed by atoms with Gasteiger partial charge in [0.2, 0.25) is 11.0 Å². The van der Waals surface area contributed by atoms with Crippen molar-refractivity contribution in [3.8, 4) is 11.5 Å². The third kappa shape index (κ3) is 6.73. The van der Waals surface area contributed by atoms with Crippen LogP contribution < -0.4 is 20.1 Å². The SMILES string of the molecule is CCOC(=O)Nc1nnc(SCC(=O)NC(c2ccc3c(c2)OCCCO3)C(C)C)s1. The number of anilines is 1. The number of thioether (sulfide) groups is 1. The molecule has 2 heterocycles. The summed E-state index contributed by atoms with van der Waals surface area (Å²) in [6.07, 6.45) is 0.261. The Hall–Kier alpha value is -2.53. The summed E-state index contributed by atoms with van der Waals surface area (Å²) in [6.45, 7) is 7.35. The van der Waals surface area contributed by atoms with Crippen molar-refractivity contribution < 1.29 is 23.8 Å². The number of aromatic nitrogens is 2. The van der Waals surface area contributed by atoms with Crippen LogP contribution in [0.15, 0.2) is 22.5 Å². The molecule has 1 aromatic heterocycles. The lowest BCUT2D eigenvalue weighted by molar-refractivity contribution is -0.119. The van der Waals surface area contributed by atoms with Crippen molar-refractivity contribution in [2.75, 3.05) is 30.9 Å². The van der Waals surface area contributed by atoms with Crippen LogP contribution >= 0.6 is 23.1 Å². The zero-order valence-electron chi connectivity index (χ0n) is 17.7. The maximum absolute atomic E-state index is 12.6. The molecule has 0 aliphatic carbocycles. The van der Waals surface area contributed by atoms with Crippen LogP contribution in [-0.4, -0.2) is 47.8 Å². The van der Waals surface area contributed by atoms with Gasteiger partial charge in [-0.1, -0.05) is 43.0 Å². The molecule has 2 aromatic rings. The number of rotatable bonds is 8. The van der Waals surface area contributed by atoms with Crippen LogP contribution in [0.2, 0.25) is 0 Å². The summed E-state index contributed by atoms with van der Waals surface area (Å²) >= 11 is 2.45. The highest BCUT2D eigenvalue weighted by molar-refractivity contribution is 8.01. The predicted molar refractivity (Wildman–Crippen MR) is 119 cm³/mol. The largest absolute Gasteiger partial charge is 0.490 e. The second-order valence-corrected chi connectivity index (χ2v) is 9.25. The molecule has 11 heteroatoms. The van der Waals surface area contributed by atoms with E-state index < -0.39 is 6.09 Å². The molecule has 1 aliphatic heterocycles. The van der Waals surface area contributed by atoms with E-state index in [0.717, 1.165) is 17.7 Å². The molecule has 0 saturated heterocycles. The second kappa shape index (κ2) is 11.2. The number of benzene rings is 1. The van der Waals surface area contributed by atoms with Crippen LogP contribution in [0.3, 0.4) is 0 Å². The first-order valence-corrected chi connectivity index (χ1v) is 11.9. The fourth-order valence-corrected chi connectivity index (χ4v) is 4.47. The molecule has 31 heavy (non-hydrogen) atoms. The van der Waals surface area contributed by atoms with Gasteiger partial charge in [-0.05, 0) is 30.5 Å². The van der Waals surface area contributed by atoms with Crippen LogP contribution in [-0.2, 0) is 9.53 Å². The summed E-state index contributed by atoms with van der Waals surface area (Å²) in [5.74, 6) is 1.68. The predicted octanol–water partition coefficient (Wildman–Crippen LogP) is 3.87. The van der Waals surface area contributed by atoms with Gasteiger partial charge < -0.3 is 19.5 Å². The van der Waals surface area contributed by atoms with Crippen molar-refractivity contribution in [3.05, 3.63) is 23.8 Å². The first-order chi connectivity index (χ1) is 15.0. The van der Waals surface area contributed by atoms with E-state index in [2.05, 4.69) is 34.7 Å². The molecule has 0 radical (unpaired) electrons. The van der Waals surface area contributed by atoms with Gasteiger partial charge in [-0.15, -0.1) is 10.2 Å². The second-order valence-electron chi connectivity index (χ2n) is 7.05. The minimum absolute atomic E-state index is 0.120. The Morgan fingerprint density at radius 1 is 1.23 bits per heavy atom. The van der Waals surface area contributed by atoms with Gasteiger partial charge >= 0.3 is 6.09 Å². The van der Waals surface area contributed by atoms with E-state index in [1.54, 1.807) is 6.92 Å². The van der Waals surface area contributed by atoms with Crippen LogP contribution in [0.5, 0.6) is 11.5 Å². The zero-order valence-corrected chi connectivity index (χ0v) is 19.3. The van der Waals surface area contributed by atoms with E-state index in [-0.39, 0.29) is 30.2 Å². The number of hydrogen-bond donors (Lipinski definition) is 2. The average Bonchev–Trinajstić information content (AvgIpc) is 3.04. The van der Waals surface area contributed by atoms with Crippen molar-refractivity contribution in [1.82, 2.24) is 15.5 Å². The molecule has 1 aliphatic rings. The van der Waals surface area contributed by atoms with E-state index in [1.807, 2.05) is 18.2 Å². The third-order valence-corrected chi connectivity index (χ3v) is 6.30. The van der Waals surface area contributed by atoms with Crippen molar-refractivity contribution in [1.29, 1.82) is 0 Å². The Morgan fingerprint density at radius 2 is 2.00 bits per heavy atom. The van der Waals surface area contributed by atoms with Gasteiger partial charge in [-0.3, -0.25) is 10.1 Å². The highest BCUT2D eigenvalue weighted by atomic mass is 32.2. The molecule has 168 valence electrons. The molecule has 1 aromatic carbocycles. The van der Waals surface area contributed by atoms with Crippen LogP contribution in [0.1, 0.15) is 38.8 Å². The van der Waals surface area contributed by atoms with Gasteiger partial charge in [0.25, 0.3) is 0 Å². The van der Waals surface area contributed by atoms with Crippen molar-refractivity contribution in [3.63, 3.8) is 0 Å². The first kappa shape index (κ1) is 23.1. The molecule has 0 bridgehead atoms. The zero-order chi connectivity index (χ0) is 22.2. The first-order valence-electron chi connectivity index (χ1n) is 10.0. The number of ether oxygens (including phenoxy) is 3. The summed E-state index contributed by atoms with van der Waals surface area (Å²) in [5.41, 5.74) is 0.967. The summed E-state index contributed by atoms with van der Waals surface area (Å²) in [7, 11) is 0. The molecule has 0 spiro atoms. The molecule has 2 N–H and O–H groups in total. The molecule has 3 rings (SSSR count). The summed E-state index contributed by atoms with van der Waals surface area (Å²) in [4.78, 5) is 24.0. The summed E-state index contributed by atoms with van der Waals surface area (Å²) in [6, 6.07) is 5.63. The van der Waals surface area contributed by atoms with E-state index in [1.165, 1.54) is 23.1 Å². The highest BCUT2D eigenvalue weighted by Gasteiger charge is 2.21. The minimum atomic E-state index is -0.581. The van der Waals surface area contributed by atoms with E-state index in [0.29, 0.717) is 28.4 Å². The van der Waals surface area contributed by atoms with Crippen molar-refractivity contribution in [2.45, 2.75) is 37.6 Å². The third-order valence-electron chi connectivity index (χ3n) is 4.33. The fourth-order valence-electron chi connectivity index (χ4n) is 2.92. The van der Waals surface area contributed by atoms with E-state index >= 15 is 0 Å². The minimum Gasteiger partial charge on any atom is -0.490 e. The van der Waals surface area contributed by atoms with Crippen molar-refractivity contribution in [2.24, 2.45) is 5.92 Å². The Labute approximate surface area is 189 Å². The number of carbonyl (C=O) groups is 2. The fraction of sp³-hybridized carbons (Fsp3) is 0.500. The van der Waals surface area contributed by atoms with E-state index in [4.69, 9.17) is 14.2 Å². The molecule has 9 nitrogen and oxygen atoms in total. The Morgan fingerprint density at radius 3 is 2.74 bits per heavy atom. The summed E-state index contributed by atoms with van der Waals surface area (Å²) in [5, 5.41) is 13.8. The molecule has 0 fully saturated rings. The van der Waals surface area contributed by atoms with Crippen molar-refractivity contribution >= 4 is 40.2 Å². The molecular weight excluding hydrogens is 440 g/mol. The quantitative estimate of drug-likeness (QED) is 0.445. The molecule has 1 unspecified atom stereocenters. The summed E-state index contributed by atoms with van der Waals surface area (Å²) < 4.78 is 16.9. The molecule has 0 saturated carbocycles. The smallest absolute Gasteiger partial charge is 0.413 e. The Bertz CT molecular complexity index is 905. The van der Waals surface area contributed by atoms with Crippen LogP contribution in [0, 0.1) is 5.92 Å². The number of fused-ring (bicyclic) bond motifs is 1. The topological polar surface area (TPSA) is 112 Å². The van der Waals surface area contributed by atoms with Gasteiger partial charge in [-0.25, -0.2) is 4.79 Å². The molecule has 1 atom stereocenters. The van der Waals surface area contributed by atoms with Crippen LogP contribution in [0.25, 0.3) is 0 Å². The maximum Gasteiger partial charge on any atom is 0.413 e. The maximum atomic E-state index is 12.6. The van der Waals surface area contributed by atoms with Gasteiger partial charge in [0.05, 0.1) is 31.6 Å². The van der Waals surface area contributed by atoms with Gasteiger partial charge in [0.15, 0.2) is 15.8 Å². The lowest BCUT2D eigenvalue weighted by atomic mass is 9.95. The number of nitrogens with one attached hydrogen (secondary N) is 2. The van der Waals surface area contributed by atoms with Gasteiger partial charge in [-0.2, -0.15) is 0 Å². The molecule has 2 amide bonds. The molecular formula is C20H26N4O5S2. The standard InChI is InChI=1S/C20H26N4O5S2/c1-4-27-19(26)22-18-23-24-20(31-18)30-11-16(25)21-17(12(2)3)13-6-7-14-15(10-13)29-9-5-8-28-14/h6-7,10,12,17H,4-5,8-9,11H2,1-3H3,(H,21,25)(H,22,23,26). The lowest BCUT2D eigenvalue weighted by Gasteiger charge is -2.23. The number of nitrogens with zero attached hydrogens (tertiary/aromatic N) is 2. The van der Waals surface area contributed by atoms with Crippen LogP contribution in [0.4, 0.5) is 9.93 Å². The van der Waals surface area contributed by atoms with Gasteiger partial charge in [0, 0.05) is 6.42 Å². The number of carbonyl (C=O) groups excluding carboxylic acids is 2. The normalized spacial score (nSPS) is 13.9. The van der Waals surface area contributed by atoms with Gasteiger partial charge in [0.1, 0.15) is 0 Å². The Balaban J connectivity index is 1.57. The number of amides is 2. The average molecular weight is 467 g/mol. The monoisotopic (exact) mass is 466 g/mol. The van der Waals surface area contributed by atoms with E-state index in [9.17, 15) is 9.59 Å². The number of hydrogen-bond acceptors (Lipinski definition) is 9. The Kier molecular flexibility index (Phi) is 8.35. The highest BCUT2D eigenvalue weighted by Crippen LogP contribution is 2.34. The lowest BCUT2D eigenvalue weighted by Crippen LogP contribution is -2.33.